The number of ketones is 1. The molecule has 0 radical (unpaired) electrons. The molecule has 1 aromatic rings. The molecule has 1 saturated carbocycles. The van der Waals surface area contributed by atoms with Gasteiger partial charge in [-0.3, -0.25) is 9.69 Å². The lowest BCUT2D eigenvalue weighted by molar-refractivity contribution is -0.120. The third-order valence-electron chi connectivity index (χ3n) is 2.78. The maximum absolute atomic E-state index is 11.4. The molecule has 3 heteroatoms. The van der Waals surface area contributed by atoms with Crippen molar-refractivity contribution in [1.82, 2.24) is 4.90 Å². The summed E-state index contributed by atoms with van der Waals surface area (Å²) in [6.45, 7) is 3.26. The number of carbonyl (C=O) groups is 1. The number of nitrogens with zero attached hydrogens (tertiary/aromatic N) is 1. The molecule has 0 bridgehead atoms. The molecule has 0 amide bonds. The molecule has 1 aromatic heterocycles. The first-order valence-corrected chi connectivity index (χ1v) is 5.57. The van der Waals surface area contributed by atoms with E-state index in [0.29, 0.717) is 24.8 Å². The Kier molecular flexibility index (Phi) is 3.21. The molecule has 0 unspecified atom stereocenters. The van der Waals surface area contributed by atoms with E-state index < -0.39 is 0 Å². The van der Waals surface area contributed by atoms with Crippen LogP contribution in [0.5, 0.6) is 0 Å². The van der Waals surface area contributed by atoms with Gasteiger partial charge in [-0.05, 0) is 25.0 Å². The third-order valence-corrected chi connectivity index (χ3v) is 2.78. The molecule has 0 aliphatic heterocycles. The maximum atomic E-state index is 11.4. The summed E-state index contributed by atoms with van der Waals surface area (Å²) < 4.78 is 5.30. The van der Waals surface area contributed by atoms with Crippen LogP contribution in [-0.4, -0.2) is 23.3 Å². The smallest absolute Gasteiger partial charge is 0.146 e. The molecule has 15 heavy (non-hydrogen) atoms. The van der Waals surface area contributed by atoms with Crippen LogP contribution in [0.3, 0.4) is 0 Å². The van der Waals surface area contributed by atoms with Gasteiger partial charge in [0.1, 0.15) is 11.5 Å². The Morgan fingerprint density at radius 2 is 2.40 bits per heavy atom. The zero-order valence-corrected chi connectivity index (χ0v) is 9.11. The van der Waals surface area contributed by atoms with Gasteiger partial charge in [0, 0.05) is 12.5 Å². The quantitative estimate of drug-likeness (QED) is 0.717. The van der Waals surface area contributed by atoms with E-state index in [2.05, 4.69) is 4.90 Å². The van der Waals surface area contributed by atoms with Gasteiger partial charge < -0.3 is 4.42 Å². The summed E-state index contributed by atoms with van der Waals surface area (Å²) >= 11 is 0. The second-order valence-electron chi connectivity index (χ2n) is 4.11. The van der Waals surface area contributed by atoms with Crippen molar-refractivity contribution in [2.24, 2.45) is 0 Å². The van der Waals surface area contributed by atoms with E-state index in [-0.39, 0.29) is 0 Å². The average Bonchev–Trinajstić information content (AvgIpc) is 2.97. The first-order chi connectivity index (χ1) is 7.29. The fourth-order valence-electron chi connectivity index (χ4n) is 1.69. The molecular weight excluding hydrogens is 190 g/mol. The number of hydrogen-bond donors (Lipinski definition) is 0. The van der Waals surface area contributed by atoms with Crippen molar-refractivity contribution >= 4 is 5.78 Å². The summed E-state index contributed by atoms with van der Waals surface area (Å²) in [6, 6.07) is 4.46. The lowest BCUT2D eigenvalue weighted by Gasteiger charge is -2.19. The Hall–Kier alpha value is -1.09. The number of hydrogen-bond acceptors (Lipinski definition) is 3. The van der Waals surface area contributed by atoms with E-state index >= 15 is 0 Å². The Balaban J connectivity index is 1.91. The molecule has 0 saturated heterocycles. The Morgan fingerprint density at radius 3 is 2.93 bits per heavy atom. The maximum Gasteiger partial charge on any atom is 0.146 e. The summed E-state index contributed by atoms with van der Waals surface area (Å²) in [6.07, 6.45) is 4.75. The van der Waals surface area contributed by atoms with Crippen LogP contribution in [0.15, 0.2) is 22.8 Å². The highest BCUT2D eigenvalue weighted by atomic mass is 16.3. The van der Waals surface area contributed by atoms with E-state index in [1.54, 1.807) is 6.26 Å². The highest BCUT2D eigenvalue weighted by Gasteiger charge is 2.30. The minimum Gasteiger partial charge on any atom is -0.468 e. The minimum absolute atomic E-state index is 0.313. The second kappa shape index (κ2) is 4.62. The van der Waals surface area contributed by atoms with Crippen molar-refractivity contribution in [1.29, 1.82) is 0 Å². The molecule has 1 aliphatic rings. The predicted octanol–water partition coefficient (Wildman–Crippen LogP) is 2.22. The number of Topliss-reactive ketones (excluding diaryl/α,β-unsaturated/α-hetero) is 1. The molecule has 82 valence electrons. The highest BCUT2D eigenvalue weighted by molar-refractivity contribution is 5.80. The van der Waals surface area contributed by atoms with Gasteiger partial charge in [-0.2, -0.15) is 0 Å². The molecule has 0 N–H and O–H groups in total. The molecule has 0 spiro atoms. The van der Waals surface area contributed by atoms with Crippen LogP contribution in [0.25, 0.3) is 0 Å². The van der Waals surface area contributed by atoms with Crippen molar-refractivity contribution in [3.63, 3.8) is 0 Å². The lowest BCUT2D eigenvalue weighted by atomic mass is 10.2. The van der Waals surface area contributed by atoms with Crippen molar-refractivity contribution < 1.29 is 9.21 Å². The van der Waals surface area contributed by atoms with Crippen LogP contribution < -0.4 is 0 Å². The van der Waals surface area contributed by atoms with Crippen LogP contribution in [0.1, 0.15) is 31.9 Å². The summed E-state index contributed by atoms with van der Waals surface area (Å²) in [7, 11) is 0. The van der Waals surface area contributed by atoms with E-state index in [1.807, 2.05) is 19.1 Å². The molecular formula is C12H17NO2. The third kappa shape index (κ3) is 2.93. The SMILES string of the molecule is CCC(=O)CN(Cc1ccco1)C1CC1. The summed E-state index contributed by atoms with van der Waals surface area (Å²) in [4.78, 5) is 13.6. The largest absolute Gasteiger partial charge is 0.468 e. The van der Waals surface area contributed by atoms with E-state index in [0.717, 1.165) is 12.3 Å². The van der Waals surface area contributed by atoms with Crippen LogP contribution in [0, 0.1) is 0 Å². The van der Waals surface area contributed by atoms with Crippen molar-refractivity contribution in [2.75, 3.05) is 6.54 Å². The fraction of sp³-hybridized carbons (Fsp3) is 0.583. The van der Waals surface area contributed by atoms with E-state index in [4.69, 9.17) is 4.42 Å². The van der Waals surface area contributed by atoms with Gasteiger partial charge in [-0.15, -0.1) is 0 Å². The molecule has 0 aromatic carbocycles. The van der Waals surface area contributed by atoms with Gasteiger partial charge in [-0.25, -0.2) is 0 Å². The standard InChI is InChI=1S/C12H17NO2/c1-2-11(14)8-13(10-5-6-10)9-12-4-3-7-15-12/h3-4,7,10H,2,5-6,8-9H2,1H3. The average molecular weight is 207 g/mol. The van der Waals surface area contributed by atoms with Gasteiger partial charge in [0.25, 0.3) is 0 Å². The Bertz CT molecular complexity index is 314. The van der Waals surface area contributed by atoms with Crippen LogP contribution in [0.4, 0.5) is 0 Å². The summed E-state index contributed by atoms with van der Waals surface area (Å²) in [5.41, 5.74) is 0. The Labute approximate surface area is 90.1 Å². The molecule has 1 aliphatic carbocycles. The fourth-order valence-corrected chi connectivity index (χ4v) is 1.69. The number of furan rings is 1. The molecule has 0 atom stereocenters. The molecule has 1 heterocycles. The lowest BCUT2D eigenvalue weighted by Crippen LogP contribution is -2.31. The molecule has 1 fully saturated rings. The zero-order valence-electron chi connectivity index (χ0n) is 9.11. The van der Waals surface area contributed by atoms with Crippen molar-refractivity contribution in [2.45, 2.75) is 38.8 Å². The normalized spacial score (nSPS) is 15.9. The van der Waals surface area contributed by atoms with Gasteiger partial charge in [0.15, 0.2) is 0 Å². The second-order valence-corrected chi connectivity index (χ2v) is 4.11. The topological polar surface area (TPSA) is 33.5 Å². The van der Waals surface area contributed by atoms with Crippen LogP contribution >= 0.6 is 0 Å². The predicted molar refractivity (Wildman–Crippen MR) is 57.4 cm³/mol. The van der Waals surface area contributed by atoms with Crippen molar-refractivity contribution in [3.05, 3.63) is 24.2 Å². The zero-order chi connectivity index (χ0) is 10.7. The number of carbonyl (C=O) groups excluding carboxylic acids is 1. The van der Waals surface area contributed by atoms with Gasteiger partial charge >= 0.3 is 0 Å². The number of rotatable bonds is 6. The monoisotopic (exact) mass is 207 g/mol. The molecule has 3 nitrogen and oxygen atoms in total. The summed E-state index contributed by atoms with van der Waals surface area (Å²) in [5, 5.41) is 0. The van der Waals surface area contributed by atoms with Gasteiger partial charge in [-0.1, -0.05) is 6.92 Å². The Morgan fingerprint density at radius 1 is 1.60 bits per heavy atom. The van der Waals surface area contributed by atoms with E-state index in [1.165, 1.54) is 12.8 Å². The van der Waals surface area contributed by atoms with E-state index in [9.17, 15) is 4.79 Å². The van der Waals surface area contributed by atoms with Gasteiger partial charge in [0.05, 0.1) is 19.4 Å². The first-order valence-electron chi connectivity index (χ1n) is 5.57. The van der Waals surface area contributed by atoms with Gasteiger partial charge in [0.2, 0.25) is 0 Å². The van der Waals surface area contributed by atoms with Crippen LogP contribution in [0.2, 0.25) is 0 Å². The summed E-state index contributed by atoms with van der Waals surface area (Å²) in [5.74, 6) is 1.26. The highest BCUT2D eigenvalue weighted by Crippen LogP contribution is 2.28. The van der Waals surface area contributed by atoms with Crippen LogP contribution in [-0.2, 0) is 11.3 Å². The first kappa shape index (κ1) is 10.4. The van der Waals surface area contributed by atoms with Crippen molar-refractivity contribution in [3.8, 4) is 0 Å². The molecule has 2 rings (SSSR count). The minimum atomic E-state index is 0.313.